The monoisotopic (exact) mass is 192 g/mol. The summed E-state index contributed by atoms with van der Waals surface area (Å²) in [5.41, 5.74) is 5.35. The summed E-state index contributed by atoms with van der Waals surface area (Å²) in [6.45, 7) is 0. The largest absolute Gasteiger partial charge is 0.481 e. The first-order valence-electron chi connectivity index (χ1n) is 2.72. The summed E-state index contributed by atoms with van der Waals surface area (Å²) in [5.74, 6) is -0.935. The lowest BCUT2D eigenvalue weighted by molar-refractivity contribution is -0.136. The topological polar surface area (TPSA) is 76.2 Å². The maximum atomic E-state index is 10.2. The van der Waals surface area contributed by atoms with Crippen molar-refractivity contribution in [3.8, 4) is 0 Å². The Morgan fingerprint density at radius 3 is 2.82 bits per heavy atom. The first kappa shape index (κ1) is 8.29. The van der Waals surface area contributed by atoms with Gasteiger partial charge in [-0.05, 0) is 0 Å². The number of thiazole rings is 1. The molecule has 0 amide bonds. The van der Waals surface area contributed by atoms with Crippen LogP contribution in [0.4, 0.5) is 5.00 Å². The lowest BCUT2D eigenvalue weighted by atomic mass is 10.5. The Labute approximate surface area is 71.6 Å². The smallest absolute Gasteiger partial charge is 0.310 e. The molecule has 0 aliphatic rings. The van der Waals surface area contributed by atoms with E-state index in [1.165, 1.54) is 0 Å². The average Bonchev–Trinajstić information content (AvgIpc) is 2.10. The predicted molar refractivity (Wildman–Crippen MR) is 42.9 cm³/mol. The molecule has 0 aromatic carbocycles. The number of hydrogen-bond acceptors (Lipinski definition) is 4. The van der Waals surface area contributed by atoms with Gasteiger partial charge in [0.1, 0.15) is 10.0 Å². The molecule has 0 saturated carbocycles. The highest BCUT2D eigenvalue weighted by molar-refractivity contribution is 7.16. The highest BCUT2D eigenvalue weighted by Gasteiger charge is 2.08. The van der Waals surface area contributed by atoms with Gasteiger partial charge in [-0.2, -0.15) is 0 Å². The van der Waals surface area contributed by atoms with Crippen molar-refractivity contribution in [1.82, 2.24) is 4.98 Å². The highest BCUT2D eigenvalue weighted by Crippen LogP contribution is 2.25. The molecular weight excluding hydrogens is 188 g/mol. The van der Waals surface area contributed by atoms with E-state index >= 15 is 0 Å². The van der Waals surface area contributed by atoms with E-state index in [1.807, 2.05) is 0 Å². The third-order valence-corrected chi connectivity index (χ3v) is 2.24. The quantitative estimate of drug-likeness (QED) is 0.733. The molecule has 0 aliphatic heterocycles. The molecule has 0 radical (unpaired) electrons. The molecule has 0 spiro atoms. The fourth-order valence-electron chi connectivity index (χ4n) is 0.561. The molecule has 0 bridgehead atoms. The maximum Gasteiger partial charge on any atom is 0.310 e. The first-order chi connectivity index (χ1) is 5.09. The van der Waals surface area contributed by atoms with Crippen molar-refractivity contribution in [2.24, 2.45) is 0 Å². The Balaban J connectivity index is 2.81. The van der Waals surface area contributed by atoms with Crippen molar-refractivity contribution in [3.05, 3.63) is 10.2 Å². The molecule has 4 nitrogen and oxygen atoms in total. The van der Waals surface area contributed by atoms with Gasteiger partial charge in [0, 0.05) is 0 Å². The normalized spacial score (nSPS) is 9.91. The molecule has 0 atom stereocenters. The van der Waals surface area contributed by atoms with E-state index in [0.717, 1.165) is 11.3 Å². The number of anilines is 1. The summed E-state index contributed by atoms with van der Waals surface area (Å²) in [5, 5.41) is 9.33. The van der Waals surface area contributed by atoms with Crippen LogP contribution in [0.5, 0.6) is 0 Å². The second kappa shape index (κ2) is 3.06. The Morgan fingerprint density at radius 2 is 2.45 bits per heavy atom. The molecule has 6 heteroatoms. The van der Waals surface area contributed by atoms with Crippen molar-refractivity contribution in [1.29, 1.82) is 0 Å². The molecule has 0 aliphatic carbocycles. The van der Waals surface area contributed by atoms with Gasteiger partial charge in [-0.25, -0.2) is 4.98 Å². The van der Waals surface area contributed by atoms with Crippen LogP contribution in [-0.4, -0.2) is 16.1 Å². The number of aliphatic carboxylic acids is 1. The van der Waals surface area contributed by atoms with Crippen molar-refractivity contribution in [3.63, 3.8) is 0 Å². The number of nitrogens with zero attached hydrogens (tertiary/aromatic N) is 1. The number of carboxylic acids is 1. The van der Waals surface area contributed by atoms with Gasteiger partial charge in [0.15, 0.2) is 5.15 Å². The van der Waals surface area contributed by atoms with Crippen molar-refractivity contribution >= 4 is 33.9 Å². The summed E-state index contributed by atoms with van der Waals surface area (Å²) in [7, 11) is 0. The second-order valence-corrected chi connectivity index (χ2v) is 3.31. The van der Waals surface area contributed by atoms with E-state index < -0.39 is 5.97 Å². The van der Waals surface area contributed by atoms with Gasteiger partial charge in [0.2, 0.25) is 0 Å². The summed E-state index contributed by atoms with van der Waals surface area (Å²) in [6.07, 6.45) is -0.123. The predicted octanol–water partition coefficient (Wildman–Crippen LogP) is 1.01. The number of nitrogens with two attached hydrogens (primary N) is 1. The van der Waals surface area contributed by atoms with Gasteiger partial charge in [-0.3, -0.25) is 4.79 Å². The van der Waals surface area contributed by atoms with Gasteiger partial charge in [-0.15, -0.1) is 0 Å². The number of aromatic nitrogens is 1. The standard InChI is InChI=1S/C5H5ClN2O2S/c6-4-5(7)11-2(8-4)1-3(9)10/h1,7H2,(H,9,10). The Morgan fingerprint density at radius 1 is 1.82 bits per heavy atom. The molecule has 0 saturated heterocycles. The summed E-state index contributed by atoms with van der Waals surface area (Å²) >= 11 is 6.59. The SMILES string of the molecule is Nc1sc(CC(=O)O)nc1Cl. The van der Waals surface area contributed by atoms with Crippen LogP contribution in [-0.2, 0) is 11.2 Å². The van der Waals surface area contributed by atoms with Crippen LogP contribution in [0, 0.1) is 0 Å². The van der Waals surface area contributed by atoms with Gasteiger partial charge >= 0.3 is 5.97 Å². The summed E-state index contributed by atoms with van der Waals surface area (Å²) in [6, 6.07) is 0. The second-order valence-electron chi connectivity index (χ2n) is 1.83. The van der Waals surface area contributed by atoms with E-state index in [4.69, 9.17) is 22.4 Å². The number of rotatable bonds is 2. The fraction of sp³-hybridized carbons (Fsp3) is 0.200. The fourth-order valence-corrected chi connectivity index (χ4v) is 1.55. The van der Waals surface area contributed by atoms with Crippen LogP contribution in [0.25, 0.3) is 0 Å². The number of halogens is 1. The van der Waals surface area contributed by atoms with Crippen LogP contribution in [0.3, 0.4) is 0 Å². The van der Waals surface area contributed by atoms with E-state index in [9.17, 15) is 4.79 Å². The molecule has 1 aromatic rings. The molecular formula is C5H5ClN2O2S. The number of hydrogen-bond donors (Lipinski definition) is 2. The van der Waals surface area contributed by atoms with Crippen LogP contribution in [0.1, 0.15) is 5.01 Å². The van der Waals surface area contributed by atoms with Crippen molar-refractivity contribution in [2.45, 2.75) is 6.42 Å². The minimum absolute atomic E-state index is 0.123. The Kier molecular flexibility index (Phi) is 2.31. The number of carbonyl (C=O) groups is 1. The van der Waals surface area contributed by atoms with Crippen LogP contribution in [0.15, 0.2) is 0 Å². The third-order valence-electron chi connectivity index (χ3n) is 0.956. The minimum atomic E-state index is -0.935. The van der Waals surface area contributed by atoms with Gasteiger partial charge < -0.3 is 10.8 Å². The molecule has 1 rings (SSSR count). The molecule has 0 fully saturated rings. The van der Waals surface area contributed by atoms with E-state index in [1.54, 1.807) is 0 Å². The third kappa shape index (κ3) is 2.06. The van der Waals surface area contributed by atoms with E-state index in [-0.39, 0.29) is 11.6 Å². The van der Waals surface area contributed by atoms with Gasteiger partial charge in [0.05, 0.1) is 6.42 Å². The lowest BCUT2D eigenvalue weighted by Gasteiger charge is -1.84. The molecule has 60 valence electrons. The molecule has 1 aromatic heterocycles. The number of nitrogen functional groups attached to an aromatic ring is 1. The number of carboxylic acid groups (broad SMARTS) is 1. The minimum Gasteiger partial charge on any atom is -0.481 e. The van der Waals surface area contributed by atoms with Crippen LogP contribution < -0.4 is 5.73 Å². The molecule has 3 N–H and O–H groups in total. The highest BCUT2D eigenvalue weighted by atomic mass is 35.5. The first-order valence-corrected chi connectivity index (χ1v) is 3.91. The maximum absolute atomic E-state index is 10.2. The Bertz CT molecular complexity index is 267. The summed E-state index contributed by atoms with van der Waals surface area (Å²) in [4.78, 5) is 13.9. The molecule has 0 unspecified atom stereocenters. The van der Waals surface area contributed by atoms with Gasteiger partial charge in [0.25, 0.3) is 0 Å². The Hall–Kier alpha value is -0.810. The zero-order valence-electron chi connectivity index (χ0n) is 5.37. The van der Waals surface area contributed by atoms with E-state index in [2.05, 4.69) is 4.98 Å². The van der Waals surface area contributed by atoms with Crippen LogP contribution >= 0.6 is 22.9 Å². The van der Waals surface area contributed by atoms with E-state index in [0.29, 0.717) is 10.0 Å². The molecule has 1 heterocycles. The van der Waals surface area contributed by atoms with Crippen LogP contribution in [0.2, 0.25) is 5.15 Å². The average molecular weight is 193 g/mol. The van der Waals surface area contributed by atoms with Crippen molar-refractivity contribution in [2.75, 3.05) is 5.73 Å². The zero-order valence-corrected chi connectivity index (χ0v) is 6.95. The van der Waals surface area contributed by atoms with Gasteiger partial charge in [-0.1, -0.05) is 22.9 Å². The molecule has 11 heavy (non-hydrogen) atoms. The summed E-state index contributed by atoms with van der Waals surface area (Å²) < 4.78 is 0. The zero-order chi connectivity index (χ0) is 8.43. The van der Waals surface area contributed by atoms with Crippen molar-refractivity contribution < 1.29 is 9.90 Å². The lowest BCUT2D eigenvalue weighted by Crippen LogP contribution is -1.98.